The lowest BCUT2D eigenvalue weighted by molar-refractivity contribution is 0.425. The summed E-state index contributed by atoms with van der Waals surface area (Å²) in [6.45, 7) is 0. The molecule has 0 unspecified atom stereocenters. The molecule has 1 aromatic heterocycles. The van der Waals surface area contributed by atoms with Gasteiger partial charge in [-0.2, -0.15) is 0 Å². The summed E-state index contributed by atoms with van der Waals surface area (Å²) in [7, 11) is -1.53. The number of rotatable bonds is 1. The molecule has 0 saturated heterocycles. The van der Waals surface area contributed by atoms with Gasteiger partial charge >= 0.3 is 7.12 Å². The topological polar surface area (TPSA) is 73.6 Å². The molecule has 0 radical (unpaired) electrons. The van der Waals surface area contributed by atoms with Gasteiger partial charge in [-0.25, -0.2) is 0 Å². The molecule has 1 aromatic carbocycles. The molecule has 14 heavy (non-hydrogen) atoms. The van der Waals surface area contributed by atoms with Crippen LogP contribution in [0.4, 0.5) is 0 Å². The van der Waals surface area contributed by atoms with E-state index in [1.165, 1.54) is 18.3 Å². The summed E-state index contributed by atoms with van der Waals surface area (Å²) in [6, 6.07) is 6.30. The van der Waals surface area contributed by atoms with Crippen molar-refractivity contribution in [1.82, 2.24) is 4.98 Å². The van der Waals surface area contributed by atoms with E-state index in [2.05, 4.69) is 4.98 Å². The molecule has 0 atom stereocenters. The Bertz CT molecular complexity index is 473. The van der Waals surface area contributed by atoms with Crippen molar-refractivity contribution in [2.45, 2.75) is 0 Å². The minimum atomic E-state index is -1.53. The highest BCUT2D eigenvalue weighted by molar-refractivity contribution is 6.58. The number of phenolic OH excluding ortho intramolecular Hbond substituents is 1. The lowest BCUT2D eigenvalue weighted by atomic mass is 9.81. The van der Waals surface area contributed by atoms with E-state index in [0.717, 1.165) is 0 Å². The van der Waals surface area contributed by atoms with E-state index in [4.69, 9.17) is 10.0 Å². The predicted octanol–water partition coefficient (Wildman–Crippen LogP) is -0.380. The van der Waals surface area contributed by atoms with Crippen molar-refractivity contribution in [2.24, 2.45) is 0 Å². The summed E-state index contributed by atoms with van der Waals surface area (Å²) >= 11 is 0. The van der Waals surface area contributed by atoms with E-state index >= 15 is 0 Å². The number of benzene rings is 1. The molecule has 0 aliphatic rings. The van der Waals surface area contributed by atoms with Gasteiger partial charge in [0.2, 0.25) is 0 Å². The van der Waals surface area contributed by atoms with Gasteiger partial charge in [-0.05, 0) is 18.2 Å². The van der Waals surface area contributed by atoms with Crippen molar-refractivity contribution < 1.29 is 15.2 Å². The van der Waals surface area contributed by atoms with E-state index in [-0.39, 0.29) is 5.75 Å². The van der Waals surface area contributed by atoms with Crippen LogP contribution in [-0.2, 0) is 0 Å². The second-order valence-electron chi connectivity index (χ2n) is 3.02. The van der Waals surface area contributed by atoms with Crippen molar-refractivity contribution >= 4 is 23.5 Å². The number of pyridine rings is 1. The third kappa shape index (κ3) is 1.55. The Labute approximate surface area is 80.6 Å². The second kappa shape index (κ2) is 3.28. The molecule has 2 rings (SSSR count). The summed E-state index contributed by atoms with van der Waals surface area (Å²) in [4.78, 5) is 4.01. The molecule has 0 aliphatic heterocycles. The SMILES string of the molecule is OB(O)c1cnc2ccc(O)cc2c1. The highest BCUT2D eigenvalue weighted by atomic mass is 16.4. The Kier molecular flexibility index (Phi) is 2.11. The zero-order chi connectivity index (χ0) is 10.1. The average Bonchev–Trinajstić information content (AvgIpc) is 2.16. The zero-order valence-electron chi connectivity index (χ0n) is 7.25. The Morgan fingerprint density at radius 1 is 1.14 bits per heavy atom. The number of fused-ring (bicyclic) bond motifs is 1. The lowest BCUT2D eigenvalue weighted by Gasteiger charge is -2.01. The van der Waals surface area contributed by atoms with Crippen LogP contribution in [0, 0.1) is 0 Å². The highest BCUT2D eigenvalue weighted by Crippen LogP contribution is 2.16. The van der Waals surface area contributed by atoms with Crippen LogP contribution in [0.3, 0.4) is 0 Å². The first kappa shape index (κ1) is 8.99. The van der Waals surface area contributed by atoms with Crippen molar-refractivity contribution in [2.75, 3.05) is 0 Å². The maximum Gasteiger partial charge on any atom is 0.490 e. The second-order valence-corrected chi connectivity index (χ2v) is 3.02. The molecule has 3 N–H and O–H groups in total. The van der Waals surface area contributed by atoms with Gasteiger partial charge in [0.05, 0.1) is 5.52 Å². The van der Waals surface area contributed by atoms with E-state index in [0.29, 0.717) is 16.4 Å². The first-order chi connectivity index (χ1) is 6.66. The van der Waals surface area contributed by atoms with E-state index in [1.54, 1.807) is 12.1 Å². The normalized spacial score (nSPS) is 10.4. The smallest absolute Gasteiger partial charge is 0.490 e. The summed E-state index contributed by atoms with van der Waals surface area (Å²) in [5.41, 5.74) is 1.01. The van der Waals surface area contributed by atoms with E-state index in [9.17, 15) is 5.11 Å². The van der Waals surface area contributed by atoms with Gasteiger partial charge in [0.15, 0.2) is 0 Å². The molecule has 70 valence electrons. The molecule has 0 saturated carbocycles. The van der Waals surface area contributed by atoms with Crippen LogP contribution in [0.1, 0.15) is 0 Å². The molecule has 1 heterocycles. The molecule has 0 amide bonds. The highest BCUT2D eigenvalue weighted by Gasteiger charge is 2.11. The zero-order valence-corrected chi connectivity index (χ0v) is 7.25. The Morgan fingerprint density at radius 2 is 1.93 bits per heavy atom. The molecule has 0 aliphatic carbocycles. The molecular formula is C9H8BNO3. The molecule has 2 aromatic rings. The maximum absolute atomic E-state index is 9.21. The van der Waals surface area contributed by atoms with Crippen LogP contribution in [0.25, 0.3) is 10.9 Å². The number of phenols is 1. The average molecular weight is 189 g/mol. The van der Waals surface area contributed by atoms with Crippen molar-refractivity contribution in [3.8, 4) is 5.75 Å². The summed E-state index contributed by atoms with van der Waals surface area (Å²) < 4.78 is 0. The van der Waals surface area contributed by atoms with Crippen LogP contribution in [0.15, 0.2) is 30.5 Å². The van der Waals surface area contributed by atoms with Crippen LogP contribution in [-0.4, -0.2) is 27.3 Å². The van der Waals surface area contributed by atoms with Gasteiger partial charge in [0, 0.05) is 17.0 Å². The van der Waals surface area contributed by atoms with Crippen LogP contribution in [0.5, 0.6) is 5.75 Å². The Hall–Kier alpha value is -1.59. The largest absolute Gasteiger partial charge is 0.508 e. The van der Waals surface area contributed by atoms with Gasteiger partial charge in [-0.15, -0.1) is 0 Å². The summed E-state index contributed by atoms with van der Waals surface area (Å²) in [5.74, 6) is 0.129. The Morgan fingerprint density at radius 3 is 2.64 bits per heavy atom. The number of aromatic nitrogens is 1. The summed E-state index contributed by atoms with van der Waals surface area (Å²) in [6.07, 6.45) is 1.39. The van der Waals surface area contributed by atoms with Gasteiger partial charge < -0.3 is 15.2 Å². The molecule has 5 heteroatoms. The minimum absolute atomic E-state index is 0.129. The fourth-order valence-corrected chi connectivity index (χ4v) is 1.28. The summed E-state index contributed by atoms with van der Waals surface area (Å²) in [5, 5.41) is 27.7. The fourth-order valence-electron chi connectivity index (χ4n) is 1.28. The molecule has 0 spiro atoms. The van der Waals surface area contributed by atoms with E-state index in [1.807, 2.05) is 0 Å². The molecule has 4 nitrogen and oxygen atoms in total. The van der Waals surface area contributed by atoms with Gasteiger partial charge in [-0.3, -0.25) is 4.98 Å². The van der Waals surface area contributed by atoms with Gasteiger partial charge in [-0.1, -0.05) is 6.07 Å². The maximum atomic E-state index is 9.21. The van der Waals surface area contributed by atoms with Crippen molar-refractivity contribution in [3.63, 3.8) is 0 Å². The predicted molar refractivity (Wildman–Crippen MR) is 53.2 cm³/mol. The van der Waals surface area contributed by atoms with Gasteiger partial charge in [0.25, 0.3) is 0 Å². The van der Waals surface area contributed by atoms with Crippen LogP contribution >= 0.6 is 0 Å². The monoisotopic (exact) mass is 189 g/mol. The number of hydrogen-bond acceptors (Lipinski definition) is 4. The molecule has 0 bridgehead atoms. The fraction of sp³-hybridized carbons (Fsp3) is 0. The number of aromatic hydroxyl groups is 1. The first-order valence-corrected chi connectivity index (χ1v) is 4.11. The third-order valence-corrected chi connectivity index (χ3v) is 1.98. The third-order valence-electron chi connectivity index (χ3n) is 1.98. The van der Waals surface area contributed by atoms with Gasteiger partial charge in [0.1, 0.15) is 5.75 Å². The van der Waals surface area contributed by atoms with Crippen molar-refractivity contribution in [1.29, 1.82) is 0 Å². The molecular weight excluding hydrogens is 181 g/mol. The lowest BCUT2D eigenvalue weighted by Crippen LogP contribution is -2.29. The standard InChI is InChI=1S/C9H8BNO3/c12-8-1-2-9-6(4-8)3-7(5-11-9)10(13)14/h1-5,12-14H. The van der Waals surface area contributed by atoms with Crippen LogP contribution < -0.4 is 5.46 Å². The number of nitrogens with zero attached hydrogens (tertiary/aromatic N) is 1. The first-order valence-electron chi connectivity index (χ1n) is 4.11. The quantitative estimate of drug-likeness (QED) is 0.534. The Balaban J connectivity index is 2.63. The van der Waals surface area contributed by atoms with Crippen LogP contribution in [0.2, 0.25) is 0 Å². The minimum Gasteiger partial charge on any atom is -0.508 e. The number of hydrogen-bond donors (Lipinski definition) is 3. The molecule has 0 fully saturated rings. The van der Waals surface area contributed by atoms with Crippen molar-refractivity contribution in [3.05, 3.63) is 30.5 Å². The van der Waals surface area contributed by atoms with E-state index < -0.39 is 7.12 Å².